The van der Waals surface area contributed by atoms with Crippen LogP contribution in [0.4, 0.5) is 0 Å². The molecule has 0 amide bonds. The minimum absolute atomic E-state index is 0.0255. The lowest BCUT2D eigenvalue weighted by Gasteiger charge is -2.15. The summed E-state index contributed by atoms with van der Waals surface area (Å²) in [5.41, 5.74) is 0. The summed E-state index contributed by atoms with van der Waals surface area (Å²) in [7, 11) is 0. The Morgan fingerprint density at radius 2 is 1.85 bits per heavy atom. The molecule has 2 nitrogen and oxygen atoms in total. The molecule has 1 aliphatic rings. The van der Waals surface area contributed by atoms with E-state index in [1.54, 1.807) is 6.92 Å². The number of carbonyl (C=O) groups excluding carboxylic acids is 2. The van der Waals surface area contributed by atoms with Gasteiger partial charge in [0.15, 0.2) is 0 Å². The van der Waals surface area contributed by atoms with Crippen molar-refractivity contribution in [2.75, 3.05) is 0 Å². The molecule has 0 N–H and O–H groups in total. The first-order chi connectivity index (χ1) is 6.02. The lowest BCUT2D eigenvalue weighted by molar-refractivity contribution is -0.130. The van der Waals surface area contributed by atoms with Crippen molar-refractivity contribution in [3.05, 3.63) is 0 Å². The van der Waals surface area contributed by atoms with Crippen molar-refractivity contribution in [1.29, 1.82) is 0 Å². The van der Waals surface area contributed by atoms with Crippen molar-refractivity contribution in [3.63, 3.8) is 0 Å². The van der Waals surface area contributed by atoms with Gasteiger partial charge in [-0.1, -0.05) is 13.8 Å². The molecule has 0 spiro atoms. The predicted molar refractivity (Wildman–Crippen MR) is 51.4 cm³/mol. The first-order valence-corrected chi connectivity index (χ1v) is 5.05. The third-order valence-corrected chi connectivity index (χ3v) is 2.63. The van der Waals surface area contributed by atoms with E-state index in [4.69, 9.17) is 0 Å². The molecule has 1 saturated carbocycles. The molecule has 13 heavy (non-hydrogen) atoms. The molecule has 1 rings (SSSR count). The van der Waals surface area contributed by atoms with E-state index in [2.05, 4.69) is 0 Å². The summed E-state index contributed by atoms with van der Waals surface area (Å²) in [6.45, 7) is 5.40. The maximum atomic E-state index is 11.7. The smallest absolute Gasteiger partial charge is 0.139 e. The van der Waals surface area contributed by atoms with Gasteiger partial charge in [-0.3, -0.25) is 4.79 Å². The van der Waals surface area contributed by atoms with Crippen molar-refractivity contribution < 1.29 is 9.59 Å². The Hall–Kier alpha value is -0.660. The summed E-state index contributed by atoms with van der Waals surface area (Å²) in [6.07, 6.45) is 2.73. The highest BCUT2D eigenvalue weighted by Gasteiger charge is 2.37. The van der Waals surface area contributed by atoms with Crippen LogP contribution in [0, 0.1) is 17.8 Å². The van der Waals surface area contributed by atoms with Crippen LogP contribution >= 0.6 is 0 Å². The van der Waals surface area contributed by atoms with Crippen LogP contribution in [0.1, 0.15) is 40.0 Å². The van der Waals surface area contributed by atoms with Crippen molar-refractivity contribution >= 4 is 11.6 Å². The standard InChI is InChI=1S/C11H18O2/c1-7(2)11(13)10(6-8(3)12)9-4-5-9/h7,9-10H,4-6H2,1-3H3/t10-/m0/s1. The van der Waals surface area contributed by atoms with E-state index >= 15 is 0 Å². The predicted octanol–water partition coefficient (Wildman–Crippen LogP) is 2.22. The highest BCUT2D eigenvalue weighted by atomic mass is 16.1. The molecule has 2 heteroatoms. The highest BCUT2D eigenvalue weighted by molar-refractivity contribution is 5.88. The van der Waals surface area contributed by atoms with Gasteiger partial charge < -0.3 is 4.79 Å². The Labute approximate surface area is 79.7 Å². The lowest BCUT2D eigenvalue weighted by Crippen LogP contribution is -2.23. The van der Waals surface area contributed by atoms with E-state index in [1.165, 1.54) is 0 Å². The average Bonchev–Trinajstić information content (AvgIpc) is 2.80. The van der Waals surface area contributed by atoms with Crippen molar-refractivity contribution in [2.45, 2.75) is 40.0 Å². The fourth-order valence-corrected chi connectivity index (χ4v) is 1.74. The van der Waals surface area contributed by atoms with Gasteiger partial charge in [-0.15, -0.1) is 0 Å². The fourth-order valence-electron chi connectivity index (χ4n) is 1.74. The third kappa shape index (κ3) is 2.94. The van der Waals surface area contributed by atoms with Gasteiger partial charge in [0.2, 0.25) is 0 Å². The largest absolute Gasteiger partial charge is 0.300 e. The summed E-state index contributed by atoms with van der Waals surface area (Å²) < 4.78 is 0. The normalized spacial score (nSPS) is 18.8. The van der Waals surface area contributed by atoms with Gasteiger partial charge >= 0.3 is 0 Å². The Morgan fingerprint density at radius 1 is 1.31 bits per heavy atom. The number of rotatable bonds is 5. The van der Waals surface area contributed by atoms with E-state index in [9.17, 15) is 9.59 Å². The molecule has 0 saturated heterocycles. The minimum atomic E-state index is 0.0255. The Morgan fingerprint density at radius 3 is 2.15 bits per heavy atom. The van der Waals surface area contributed by atoms with Gasteiger partial charge in [0, 0.05) is 18.3 Å². The molecule has 0 aromatic rings. The van der Waals surface area contributed by atoms with Crippen LogP contribution in [0.2, 0.25) is 0 Å². The first-order valence-electron chi connectivity index (χ1n) is 5.05. The zero-order valence-corrected chi connectivity index (χ0v) is 8.67. The zero-order chi connectivity index (χ0) is 10.0. The molecule has 0 aromatic heterocycles. The summed E-state index contributed by atoms with van der Waals surface area (Å²) >= 11 is 0. The SMILES string of the molecule is CC(=O)C[C@H](C(=O)C(C)C)C1CC1. The Balaban J connectivity index is 2.56. The van der Waals surface area contributed by atoms with Gasteiger partial charge in [0.1, 0.15) is 11.6 Å². The summed E-state index contributed by atoms with van der Waals surface area (Å²) in [5.74, 6) is 1.03. The molecular formula is C11H18O2. The van der Waals surface area contributed by atoms with Gasteiger partial charge in [0.05, 0.1) is 0 Å². The van der Waals surface area contributed by atoms with E-state index in [0.717, 1.165) is 12.8 Å². The van der Waals surface area contributed by atoms with Crippen molar-refractivity contribution in [2.24, 2.45) is 17.8 Å². The summed E-state index contributed by atoms with van der Waals surface area (Å²) in [4.78, 5) is 22.7. The Kier molecular flexibility index (Phi) is 3.23. The second-order valence-corrected chi connectivity index (χ2v) is 4.41. The number of ketones is 2. The highest BCUT2D eigenvalue weighted by Crippen LogP contribution is 2.40. The van der Waals surface area contributed by atoms with E-state index in [0.29, 0.717) is 12.3 Å². The Bertz CT molecular complexity index is 214. The van der Waals surface area contributed by atoms with Gasteiger partial charge in [-0.25, -0.2) is 0 Å². The van der Waals surface area contributed by atoms with Gasteiger partial charge in [0.25, 0.3) is 0 Å². The van der Waals surface area contributed by atoms with Gasteiger partial charge in [-0.05, 0) is 25.7 Å². The summed E-state index contributed by atoms with van der Waals surface area (Å²) in [6, 6.07) is 0. The molecule has 0 radical (unpaired) electrons. The fraction of sp³-hybridized carbons (Fsp3) is 0.818. The topological polar surface area (TPSA) is 34.1 Å². The van der Waals surface area contributed by atoms with Crippen LogP contribution in [0.3, 0.4) is 0 Å². The molecule has 0 unspecified atom stereocenters. The molecular weight excluding hydrogens is 164 g/mol. The molecule has 0 bridgehead atoms. The molecule has 1 fully saturated rings. The quantitative estimate of drug-likeness (QED) is 0.653. The van der Waals surface area contributed by atoms with Crippen LogP contribution in [0.25, 0.3) is 0 Å². The average molecular weight is 182 g/mol. The van der Waals surface area contributed by atoms with Crippen LogP contribution in [0.5, 0.6) is 0 Å². The summed E-state index contributed by atoms with van der Waals surface area (Å²) in [5, 5.41) is 0. The lowest BCUT2D eigenvalue weighted by atomic mass is 9.87. The molecule has 0 aromatic carbocycles. The molecule has 1 atom stereocenters. The monoisotopic (exact) mass is 182 g/mol. The number of hydrogen-bond acceptors (Lipinski definition) is 2. The molecule has 1 aliphatic carbocycles. The third-order valence-electron chi connectivity index (χ3n) is 2.63. The minimum Gasteiger partial charge on any atom is -0.300 e. The van der Waals surface area contributed by atoms with Crippen LogP contribution in [-0.2, 0) is 9.59 Å². The maximum Gasteiger partial charge on any atom is 0.139 e. The number of carbonyl (C=O) groups is 2. The van der Waals surface area contributed by atoms with Crippen molar-refractivity contribution in [3.8, 4) is 0 Å². The second kappa shape index (κ2) is 4.03. The maximum absolute atomic E-state index is 11.7. The zero-order valence-electron chi connectivity index (χ0n) is 8.67. The number of hydrogen-bond donors (Lipinski definition) is 0. The van der Waals surface area contributed by atoms with Crippen molar-refractivity contribution in [1.82, 2.24) is 0 Å². The molecule has 0 heterocycles. The molecule has 74 valence electrons. The van der Waals surface area contributed by atoms with Gasteiger partial charge in [-0.2, -0.15) is 0 Å². The first kappa shape index (κ1) is 10.4. The van der Waals surface area contributed by atoms with Crippen LogP contribution in [-0.4, -0.2) is 11.6 Å². The van der Waals surface area contributed by atoms with E-state index in [1.807, 2.05) is 13.8 Å². The van der Waals surface area contributed by atoms with E-state index in [-0.39, 0.29) is 23.4 Å². The number of Topliss-reactive ketones (excluding diaryl/α,β-unsaturated/α-hetero) is 2. The second-order valence-electron chi connectivity index (χ2n) is 4.41. The van der Waals surface area contributed by atoms with Crippen LogP contribution in [0.15, 0.2) is 0 Å². The molecule has 0 aliphatic heterocycles. The van der Waals surface area contributed by atoms with Crippen LogP contribution < -0.4 is 0 Å². The van der Waals surface area contributed by atoms with E-state index < -0.39 is 0 Å².